The van der Waals surface area contributed by atoms with Crippen molar-refractivity contribution >= 4 is 23.6 Å². The van der Waals surface area contributed by atoms with Crippen LogP contribution < -0.4 is 4.74 Å². The van der Waals surface area contributed by atoms with Crippen molar-refractivity contribution in [2.75, 3.05) is 0 Å². The van der Waals surface area contributed by atoms with Crippen molar-refractivity contribution in [2.45, 2.75) is 38.7 Å². The van der Waals surface area contributed by atoms with Crippen LogP contribution in [0.1, 0.15) is 31.9 Å². The fourth-order valence-electron chi connectivity index (χ4n) is 2.18. The van der Waals surface area contributed by atoms with E-state index in [1.807, 2.05) is 20.8 Å². The average molecular weight is 317 g/mol. The van der Waals surface area contributed by atoms with Gasteiger partial charge in [-0.3, -0.25) is 0 Å². The van der Waals surface area contributed by atoms with Crippen molar-refractivity contribution in [3.8, 4) is 5.75 Å². The quantitative estimate of drug-likeness (QED) is 0.892. The Morgan fingerprint density at radius 2 is 2.00 bits per heavy atom. The Kier molecular flexibility index (Phi) is 3.97. The lowest BCUT2D eigenvalue weighted by Gasteiger charge is -2.28. The van der Waals surface area contributed by atoms with E-state index in [-0.39, 0.29) is 11.2 Å². The zero-order valence-corrected chi connectivity index (χ0v) is 12.5. The second-order valence-corrected chi connectivity index (χ2v) is 6.30. The summed E-state index contributed by atoms with van der Waals surface area (Å²) in [7, 11) is 0. The highest BCUT2D eigenvalue weighted by atomic mass is 35.5. The molecule has 6 heteroatoms. The number of carboxylic acids is 1. The van der Waals surface area contributed by atoms with Crippen LogP contribution in [0.15, 0.2) is 17.7 Å². The lowest BCUT2D eigenvalue weighted by molar-refractivity contribution is -0.134. The molecule has 0 aliphatic carbocycles. The van der Waals surface area contributed by atoms with Crippen LogP contribution in [0, 0.1) is 0 Å². The summed E-state index contributed by atoms with van der Waals surface area (Å²) in [5, 5.41) is 9.47. The molecule has 0 aromatic heterocycles. The Morgan fingerprint density at radius 1 is 1.38 bits per heavy atom. The van der Waals surface area contributed by atoms with Gasteiger partial charge in [0.05, 0.1) is 5.57 Å². The number of halogens is 3. The minimum Gasteiger partial charge on any atom is -0.479 e. The highest BCUT2D eigenvalue weighted by Gasteiger charge is 2.35. The zero-order chi connectivity index (χ0) is 15.9. The summed E-state index contributed by atoms with van der Waals surface area (Å²) < 4.78 is 31.2. The molecule has 1 aliphatic heterocycles. The van der Waals surface area contributed by atoms with Gasteiger partial charge in [-0.15, -0.1) is 0 Å². The largest absolute Gasteiger partial charge is 0.479 e. The van der Waals surface area contributed by atoms with E-state index in [2.05, 4.69) is 0 Å². The molecule has 0 amide bonds. The summed E-state index contributed by atoms with van der Waals surface area (Å²) in [6.45, 7) is 5.81. The van der Waals surface area contributed by atoms with E-state index in [0.717, 1.165) is 5.56 Å². The normalized spacial score (nSPS) is 18.0. The molecule has 2 rings (SSSR count). The molecule has 1 aliphatic rings. The van der Waals surface area contributed by atoms with Crippen LogP contribution in [0.25, 0.3) is 6.08 Å². The van der Waals surface area contributed by atoms with Gasteiger partial charge < -0.3 is 9.84 Å². The maximum Gasteiger partial charge on any atom is 0.335 e. The average Bonchev–Trinajstić information content (AvgIpc) is 2.34. The Balaban J connectivity index is 2.58. The number of aliphatic carboxylic acids is 1. The van der Waals surface area contributed by atoms with Gasteiger partial charge in [-0.1, -0.05) is 32.4 Å². The minimum absolute atomic E-state index is 0.222. The predicted octanol–water partition coefficient (Wildman–Crippen LogP) is 4.13. The van der Waals surface area contributed by atoms with Gasteiger partial charge in [0.1, 0.15) is 5.75 Å². The van der Waals surface area contributed by atoms with E-state index >= 15 is 0 Å². The van der Waals surface area contributed by atoms with Crippen molar-refractivity contribution < 1.29 is 23.4 Å². The van der Waals surface area contributed by atoms with E-state index in [0.29, 0.717) is 10.6 Å². The number of hydrogen-bond donors (Lipinski definition) is 1. The van der Waals surface area contributed by atoms with Crippen LogP contribution in [0.3, 0.4) is 0 Å². The van der Waals surface area contributed by atoms with Crippen LogP contribution >= 0.6 is 11.6 Å². The lowest BCUT2D eigenvalue weighted by atomic mass is 9.85. The van der Waals surface area contributed by atoms with Crippen LogP contribution in [0.2, 0.25) is 5.02 Å². The van der Waals surface area contributed by atoms with Gasteiger partial charge in [-0.05, 0) is 29.2 Å². The molecular weight excluding hydrogens is 302 g/mol. The highest BCUT2D eigenvalue weighted by molar-refractivity contribution is 6.31. The van der Waals surface area contributed by atoms with Gasteiger partial charge in [-0.25, -0.2) is 13.6 Å². The van der Waals surface area contributed by atoms with Crippen LogP contribution in [-0.4, -0.2) is 23.6 Å². The van der Waals surface area contributed by atoms with E-state index in [4.69, 9.17) is 21.4 Å². The molecule has 21 heavy (non-hydrogen) atoms. The molecule has 1 unspecified atom stereocenters. The Morgan fingerprint density at radius 3 is 2.48 bits per heavy atom. The summed E-state index contributed by atoms with van der Waals surface area (Å²) in [6.07, 6.45) is -3.51. The maximum absolute atomic E-state index is 13.0. The third-order valence-electron chi connectivity index (χ3n) is 3.25. The molecule has 0 saturated heterocycles. The summed E-state index contributed by atoms with van der Waals surface area (Å²) in [6, 6.07) is 3.14. The Bertz CT molecular complexity index is 618. The number of fused-ring (bicyclic) bond motifs is 1. The van der Waals surface area contributed by atoms with E-state index in [1.54, 1.807) is 12.1 Å². The number of carboxylic acid groups (broad SMARTS) is 1. The minimum atomic E-state index is -2.92. The third kappa shape index (κ3) is 3.02. The van der Waals surface area contributed by atoms with Gasteiger partial charge in [0.2, 0.25) is 0 Å². The van der Waals surface area contributed by atoms with E-state index < -0.39 is 24.1 Å². The monoisotopic (exact) mass is 316 g/mol. The number of hydrogen-bond acceptors (Lipinski definition) is 2. The predicted molar refractivity (Wildman–Crippen MR) is 76.2 cm³/mol. The SMILES string of the molecule is CC(C)(C)c1cc2c(cc1Cl)C=C(C(=O)O)C(C(F)F)O2. The summed E-state index contributed by atoms with van der Waals surface area (Å²) in [5.74, 6) is -1.21. The number of benzene rings is 1. The summed E-state index contributed by atoms with van der Waals surface area (Å²) >= 11 is 6.19. The first-order valence-electron chi connectivity index (χ1n) is 6.35. The molecule has 0 radical (unpaired) electrons. The Labute approximate surface area is 126 Å². The molecule has 1 aromatic rings. The van der Waals surface area contributed by atoms with Crippen molar-refractivity contribution in [3.05, 3.63) is 33.9 Å². The molecule has 1 atom stereocenters. The van der Waals surface area contributed by atoms with Crippen molar-refractivity contribution in [1.29, 1.82) is 0 Å². The number of alkyl halides is 2. The first kappa shape index (κ1) is 15.8. The summed E-state index contributed by atoms with van der Waals surface area (Å²) in [5.41, 5.74) is 0.384. The lowest BCUT2D eigenvalue weighted by Crippen LogP contribution is -2.33. The van der Waals surface area contributed by atoms with E-state index in [1.165, 1.54) is 6.08 Å². The third-order valence-corrected chi connectivity index (χ3v) is 3.57. The van der Waals surface area contributed by atoms with Gasteiger partial charge in [0, 0.05) is 10.6 Å². The van der Waals surface area contributed by atoms with Gasteiger partial charge in [0.25, 0.3) is 6.43 Å². The van der Waals surface area contributed by atoms with Gasteiger partial charge in [0.15, 0.2) is 6.10 Å². The molecule has 3 nitrogen and oxygen atoms in total. The van der Waals surface area contributed by atoms with Crippen molar-refractivity contribution in [2.24, 2.45) is 0 Å². The highest BCUT2D eigenvalue weighted by Crippen LogP contribution is 2.39. The fourth-order valence-corrected chi connectivity index (χ4v) is 2.63. The molecule has 1 heterocycles. The first-order valence-corrected chi connectivity index (χ1v) is 6.72. The van der Waals surface area contributed by atoms with Crippen LogP contribution in [-0.2, 0) is 10.2 Å². The second kappa shape index (κ2) is 5.30. The fraction of sp³-hybridized carbons (Fsp3) is 0.400. The molecule has 0 spiro atoms. The standard InChI is InChI=1S/C15H15ClF2O3/c1-15(2,3)9-6-11-7(5-10(9)16)4-8(14(19)20)12(21-11)13(17)18/h4-6,12-13H,1-3H3,(H,19,20). The molecule has 0 fully saturated rings. The molecule has 114 valence electrons. The molecule has 1 aromatic carbocycles. The molecular formula is C15H15ClF2O3. The van der Waals surface area contributed by atoms with Gasteiger partial charge >= 0.3 is 5.97 Å². The molecule has 1 N–H and O–H groups in total. The zero-order valence-electron chi connectivity index (χ0n) is 11.8. The van der Waals surface area contributed by atoms with Crippen molar-refractivity contribution in [1.82, 2.24) is 0 Å². The number of carbonyl (C=O) groups is 1. The van der Waals surface area contributed by atoms with Crippen LogP contribution in [0.4, 0.5) is 8.78 Å². The smallest absolute Gasteiger partial charge is 0.335 e. The van der Waals surface area contributed by atoms with E-state index in [9.17, 15) is 13.6 Å². The number of ether oxygens (including phenoxy) is 1. The first-order chi connectivity index (χ1) is 9.61. The Hall–Kier alpha value is -1.62. The molecule has 0 saturated carbocycles. The number of rotatable bonds is 2. The van der Waals surface area contributed by atoms with Crippen LogP contribution in [0.5, 0.6) is 5.75 Å². The maximum atomic E-state index is 13.0. The summed E-state index contributed by atoms with van der Waals surface area (Å²) in [4.78, 5) is 11.1. The second-order valence-electron chi connectivity index (χ2n) is 5.90. The molecule has 0 bridgehead atoms. The topological polar surface area (TPSA) is 46.5 Å². The van der Waals surface area contributed by atoms with Gasteiger partial charge in [-0.2, -0.15) is 0 Å². The van der Waals surface area contributed by atoms with Crippen molar-refractivity contribution in [3.63, 3.8) is 0 Å².